The number of ether oxygens (including phenoxy) is 1. The number of rotatable bonds is 2. The van der Waals surface area contributed by atoms with Crippen LogP contribution < -0.4 is 9.64 Å². The van der Waals surface area contributed by atoms with E-state index < -0.39 is 9.84 Å². The molecule has 0 aliphatic carbocycles. The first-order valence-corrected chi connectivity index (χ1v) is 9.01. The highest BCUT2D eigenvalue weighted by atomic mass is 32.2. The van der Waals surface area contributed by atoms with Gasteiger partial charge in [0.15, 0.2) is 15.0 Å². The summed E-state index contributed by atoms with van der Waals surface area (Å²) >= 11 is 1.34. The van der Waals surface area contributed by atoms with Gasteiger partial charge in [-0.15, -0.1) is 0 Å². The van der Waals surface area contributed by atoms with Crippen LogP contribution >= 0.6 is 11.8 Å². The van der Waals surface area contributed by atoms with Gasteiger partial charge in [0, 0.05) is 5.25 Å². The van der Waals surface area contributed by atoms with Gasteiger partial charge in [0.25, 0.3) is 0 Å². The molecule has 2 fully saturated rings. The first kappa shape index (κ1) is 13.8. The monoisotopic (exact) mass is 312 g/mol. The van der Waals surface area contributed by atoms with Crippen molar-refractivity contribution in [1.82, 2.24) is 0 Å². The first-order chi connectivity index (χ1) is 9.41. The van der Waals surface area contributed by atoms with Crippen molar-refractivity contribution in [2.75, 3.05) is 23.5 Å². The molecule has 2 aliphatic rings. The van der Waals surface area contributed by atoms with Gasteiger partial charge in [-0.05, 0) is 24.6 Å². The van der Waals surface area contributed by atoms with Crippen LogP contribution in [0.25, 0.3) is 0 Å². The number of amidine groups is 1. The first-order valence-electron chi connectivity index (χ1n) is 6.31. The molecule has 2 atom stereocenters. The summed E-state index contributed by atoms with van der Waals surface area (Å²) in [7, 11) is -1.41. The van der Waals surface area contributed by atoms with Crippen LogP contribution in [0.15, 0.2) is 18.2 Å². The minimum Gasteiger partial charge on any atom is -0.495 e. The summed E-state index contributed by atoms with van der Waals surface area (Å²) in [5, 5.41) is 8.51. The zero-order valence-electron chi connectivity index (χ0n) is 11.3. The van der Waals surface area contributed by atoms with E-state index in [1.54, 1.807) is 7.11 Å². The summed E-state index contributed by atoms with van der Waals surface area (Å²) in [4.78, 5) is 1.81. The maximum atomic E-state index is 11.8. The molecule has 0 spiro atoms. The predicted molar refractivity (Wildman–Crippen MR) is 81.8 cm³/mol. The van der Waals surface area contributed by atoms with Crippen molar-refractivity contribution in [3.8, 4) is 5.75 Å². The van der Waals surface area contributed by atoms with Crippen molar-refractivity contribution in [3.05, 3.63) is 23.8 Å². The van der Waals surface area contributed by atoms with Gasteiger partial charge in [-0.1, -0.05) is 17.8 Å². The molecular formula is C13H16N2O3S2. The average Bonchev–Trinajstić information content (AvgIpc) is 2.79. The topological polar surface area (TPSA) is 70.5 Å². The van der Waals surface area contributed by atoms with Crippen LogP contribution in [0.3, 0.4) is 0 Å². The molecule has 20 heavy (non-hydrogen) atoms. The smallest absolute Gasteiger partial charge is 0.161 e. The van der Waals surface area contributed by atoms with Gasteiger partial charge < -0.3 is 9.64 Å². The number of methoxy groups -OCH3 is 1. The van der Waals surface area contributed by atoms with Gasteiger partial charge in [0.1, 0.15) is 5.75 Å². The molecule has 3 rings (SSSR count). The molecule has 0 radical (unpaired) electrons. The number of fused-ring (bicyclic) bond motifs is 1. The van der Waals surface area contributed by atoms with E-state index >= 15 is 0 Å². The summed E-state index contributed by atoms with van der Waals surface area (Å²) in [6, 6.07) is 5.59. The Morgan fingerprint density at radius 1 is 1.40 bits per heavy atom. The van der Waals surface area contributed by atoms with Crippen LogP contribution in [-0.2, 0) is 9.84 Å². The molecule has 1 aromatic rings. The van der Waals surface area contributed by atoms with Crippen molar-refractivity contribution in [1.29, 1.82) is 5.41 Å². The maximum Gasteiger partial charge on any atom is 0.161 e. The number of thioether (sulfide) groups is 1. The Kier molecular flexibility index (Phi) is 3.21. The molecule has 1 N–H and O–H groups in total. The van der Waals surface area contributed by atoms with Crippen molar-refractivity contribution < 1.29 is 13.2 Å². The fraction of sp³-hybridized carbons (Fsp3) is 0.462. The van der Waals surface area contributed by atoms with Crippen LogP contribution in [0.4, 0.5) is 5.69 Å². The van der Waals surface area contributed by atoms with E-state index in [1.165, 1.54) is 11.8 Å². The Balaban J connectivity index is 2.05. The molecule has 0 bridgehead atoms. The zero-order chi connectivity index (χ0) is 14.5. The summed E-state index contributed by atoms with van der Waals surface area (Å²) in [5.41, 5.74) is 1.84. The standard InChI is InChI=1S/C13H16N2O3S2/c1-8-3-4-11(18-2)9(5-8)15-10-6-20(16,17)7-12(10)19-13(15)14/h3-5,10,12,14H,6-7H2,1-2H3/t10-,12+/m1/s1. The van der Waals surface area contributed by atoms with E-state index in [-0.39, 0.29) is 22.8 Å². The zero-order valence-corrected chi connectivity index (χ0v) is 12.9. The number of nitrogens with zero attached hydrogens (tertiary/aromatic N) is 1. The molecular weight excluding hydrogens is 296 g/mol. The lowest BCUT2D eigenvalue weighted by atomic mass is 10.1. The molecule has 0 saturated carbocycles. The van der Waals surface area contributed by atoms with Gasteiger partial charge in [-0.3, -0.25) is 5.41 Å². The average molecular weight is 312 g/mol. The third-order valence-corrected chi connectivity index (χ3v) is 6.81. The van der Waals surface area contributed by atoms with E-state index in [2.05, 4.69) is 0 Å². The third-order valence-electron chi connectivity index (χ3n) is 3.68. The van der Waals surface area contributed by atoms with Gasteiger partial charge >= 0.3 is 0 Å². The highest BCUT2D eigenvalue weighted by Gasteiger charge is 2.49. The maximum absolute atomic E-state index is 11.8. The minimum absolute atomic E-state index is 0.0438. The fourth-order valence-electron chi connectivity index (χ4n) is 2.78. The summed E-state index contributed by atoms with van der Waals surface area (Å²) in [6.07, 6.45) is 0. The van der Waals surface area contributed by atoms with Crippen LogP contribution in [0.1, 0.15) is 5.56 Å². The van der Waals surface area contributed by atoms with E-state index in [9.17, 15) is 8.42 Å². The fourth-order valence-corrected chi connectivity index (χ4v) is 6.56. The van der Waals surface area contributed by atoms with Crippen molar-refractivity contribution in [2.45, 2.75) is 18.2 Å². The van der Waals surface area contributed by atoms with Crippen LogP contribution in [0.5, 0.6) is 5.75 Å². The molecule has 2 saturated heterocycles. The summed E-state index contributed by atoms with van der Waals surface area (Å²) < 4.78 is 29.0. The van der Waals surface area contributed by atoms with Crippen LogP contribution in [0.2, 0.25) is 0 Å². The lowest BCUT2D eigenvalue weighted by molar-refractivity contribution is 0.415. The van der Waals surface area contributed by atoms with Crippen LogP contribution in [0, 0.1) is 12.3 Å². The Bertz CT molecular complexity index is 672. The number of hydrogen-bond acceptors (Lipinski definition) is 5. The molecule has 0 aromatic heterocycles. The number of hydrogen-bond donors (Lipinski definition) is 1. The molecule has 1 aromatic carbocycles. The molecule has 0 unspecified atom stereocenters. The third kappa shape index (κ3) is 2.18. The van der Waals surface area contributed by atoms with E-state index in [1.807, 2.05) is 30.0 Å². The second-order valence-corrected chi connectivity index (χ2v) is 8.53. The van der Waals surface area contributed by atoms with Gasteiger partial charge in [-0.25, -0.2) is 8.42 Å². The largest absolute Gasteiger partial charge is 0.495 e. The molecule has 0 amide bonds. The van der Waals surface area contributed by atoms with Crippen LogP contribution in [-0.4, -0.2) is 43.5 Å². The Hall–Kier alpha value is -1.21. The van der Waals surface area contributed by atoms with Crippen molar-refractivity contribution in [3.63, 3.8) is 0 Å². The molecule has 2 heterocycles. The Morgan fingerprint density at radius 3 is 2.85 bits per heavy atom. The highest BCUT2D eigenvalue weighted by Crippen LogP contribution is 2.43. The quantitative estimate of drug-likeness (QED) is 0.899. The van der Waals surface area contributed by atoms with Gasteiger partial charge in [0.05, 0.1) is 30.3 Å². The second kappa shape index (κ2) is 4.66. The highest BCUT2D eigenvalue weighted by molar-refractivity contribution is 8.15. The molecule has 108 valence electrons. The second-order valence-electron chi connectivity index (χ2n) is 5.15. The molecule has 5 nitrogen and oxygen atoms in total. The van der Waals surface area contributed by atoms with E-state index in [0.29, 0.717) is 10.9 Å². The number of aryl methyl sites for hydroxylation is 1. The van der Waals surface area contributed by atoms with E-state index in [0.717, 1.165) is 11.3 Å². The Morgan fingerprint density at radius 2 is 2.15 bits per heavy atom. The van der Waals surface area contributed by atoms with Crippen molar-refractivity contribution in [2.24, 2.45) is 0 Å². The molecule has 7 heteroatoms. The predicted octanol–water partition coefficient (Wildman–Crippen LogP) is 1.66. The van der Waals surface area contributed by atoms with Gasteiger partial charge in [0.2, 0.25) is 0 Å². The van der Waals surface area contributed by atoms with E-state index in [4.69, 9.17) is 10.1 Å². The lowest BCUT2D eigenvalue weighted by Crippen LogP contribution is -2.37. The number of benzene rings is 1. The minimum atomic E-state index is -3.00. The summed E-state index contributed by atoms with van der Waals surface area (Å²) in [6.45, 7) is 1.97. The lowest BCUT2D eigenvalue weighted by Gasteiger charge is -2.26. The number of anilines is 1. The summed E-state index contributed by atoms with van der Waals surface area (Å²) in [5.74, 6) is 0.949. The number of sulfone groups is 1. The normalized spacial score (nSPS) is 27.7. The molecule has 2 aliphatic heterocycles. The van der Waals surface area contributed by atoms with Gasteiger partial charge in [-0.2, -0.15) is 0 Å². The Labute approximate surface area is 122 Å². The SMILES string of the molecule is COc1ccc(C)cc1N1C(=N)S[C@H]2CS(=O)(=O)C[C@H]21. The van der Waals surface area contributed by atoms with Crippen molar-refractivity contribution >= 4 is 32.5 Å². The number of nitrogens with one attached hydrogen (secondary N) is 1.